The minimum Gasteiger partial charge on any atom is -0.361 e. The van der Waals surface area contributed by atoms with Gasteiger partial charge in [0.1, 0.15) is 18.1 Å². The molecule has 2 nitrogen and oxygen atoms in total. The maximum atomic E-state index is 12.1. The molecular formula is C8H6F6N2. The molecule has 1 aromatic heterocycles. The molecule has 0 radical (unpaired) electrons. The van der Waals surface area contributed by atoms with Gasteiger partial charge in [0.2, 0.25) is 0 Å². The van der Waals surface area contributed by atoms with Gasteiger partial charge in [0.15, 0.2) is 0 Å². The zero-order chi connectivity index (χ0) is 12.4. The number of hydrogen-bond donors (Lipinski definition) is 1. The molecule has 0 unspecified atom stereocenters. The summed E-state index contributed by atoms with van der Waals surface area (Å²) in [6.07, 6.45) is -9.17. The fraction of sp³-hybridized carbons (Fsp3) is 0.375. The number of nitrogens with zero attached hydrogens (tertiary/aromatic N) is 1. The lowest BCUT2D eigenvalue weighted by Crippen LogP contribution is -2.22. The molecule has 0 saturated carbocycles. The molecule has 0 fully saturated rings. The summed E-state index contributed by atoms with van der Waals surface area (Å²) in [4.78, 5) is 3.01. The summed E-state index contributed by atoms with van der Waals surface area (Å²) < 4.78 is 71.7. The lowest BCUT2D eigenvalue weighted by molar-refractivity contribution is -0.141. The molecule has 90 valence electrons. The van der Waals surface area contributed by atoms with Gasteiger partial charge < -0.3 is 5.32 Å². The third-order valence-corrected chi connectivity index (χ3v) is 1.51. The summed E-state index contributed by atoms with van der Waals surface area (Å²) >= 11 is 0. The van der Waals surface area contributed by atoms with Crippen molar-refractivity contribution in [3.8, 4) is 0 Å². The molecule has 16 heavy (non-hydrogen) atoms. The maximum absolute atomic E-state index is 12.1. The van der Waals surface area contributed by atoms with Gasteiger partial charge in [0.05, 0.1) is 0 Å². The van der Waals surface area contributed by atoms with Gasteiger partial charge >= 0.3 is 12.4 Å². The Morgan fingerprint density at radius 3 is 2.19 bits per heavy atom. The first-order valence-corrected chi connectivity index (χ1v) is 4.03. The van der Waals surface area contributed by atoms with Crippen LogP contribution in [0.3, 0.4) is 0 Å². The van der Waals surface area contributed by atoms with Crippen LogP contribution in [0.4, 0.5) is 32.2 Å². The zero-order valence-corrected chi connectivity index (χ0v) is 7.65. The minimum atomic E-state index is -4.67. The van der Waals surface area contributed by atoms with Crippen LogP contribution in [0.5, 0.6) is 0 Å². The Morgan fingerprint density at radius 2 is 1.69 bits per heavy atom. The van der Waals surface area contributed by atoms with Crippen LogP contribution in [0.25, 0.3) is 0 Å². The Hall–Kier alpha value is -1.47. The molecule has 0 amide bonds. The molecule has 0 aromatic carbocycles. The lowest BCUT2D eigenvalue weighted by atomic mass is 10.3. The Morgan fingerprint density at radius 1 is 1.06 bits per heavy atom. The number of anilines is 1. The van der Waals surface area contributed by atoms with Crippen LogP contribution in [0.15, 0.2) is 18.2 Å². The van der Waals surface area contributed by atoms with E-state index >= 15 is 0 Å². The first-order chi connectivity index (χ1) is 7.18. The number of aromatic nitrogens is 1. The number of hydrogen-bond acceptors (Lipinski definition) is 2. The standard InChI is InChI=1S/C8H6F6N2/c9-7(10,11)4-15-6-3-1-2-5(16-6)8(12,13)14/h1-3H,4H2,(H,15,16). The predicted octanol–water partition coefficient (Wildman–Crippen LogP) is 3.07. The van der Waals surface area contributed by atoms with E-state index in [9.17, 15) is 26.3 Å². The van der Waals surface area contributed by atoms with Gasteiger partial charge in [-0.05, 0) is 12.1 Å². The molecule has 0 aliphatic heterocycles. The van der Waals surface area contributed by atoms with E-state index in [1.807, 2.05) is 0 Å². The van der Waals surface area contributed by atoms with Crippen molar-refractivity contribution in [2.24, 2.45) is 0 Å². The van der Waals surface area contributed by atoms with E-state index in [0.29, 0.717) is 6.07 Å². The Balaban J connectivity index is 2.76. The first kappa shape index (κ1) is 12.6. The second-order valence-electron chi connectivity index (χ2n) is 2.87. The fourth-order valence-electron chi connectivity index (χ4n) is 0.882. The minimum absolute atomic E-state index is 0.466. The predicted molar refractivity (Wildman–Crippen MR) is 43.8 cm³/mol. The second kappa shape index (κ2) is 4.18. The average Bonchev–Trinajstić information content (AvgIpc) is 2.13. The van der Waals surface area contributed by atoms with E-state index in [4.69, 9.17) is 0 Å². The van der Waals surface area contributed by atoms with Crippen molar-refractivity contribution in [2.45, 2.75) is 12.4 Å². The quantitative estimate of drug-likeness (QED) is 0.808. The van der Waals surface area contributed by atoms with Crippen molar-refractivity contribution in [3.63, 3.8) is 0 Å². The SMILES string of the molecule is FC(F)(F)CNc1cccc(C(F)(F)F)n1. The molecule has 1 rings (SSSR count). The van der Waals surface area contributed by atoms with Crippen LogP contribution in [-0.2, 0) is 6.18 Å². The number of pyridine rings is 1. The normalized spacial score (nSPS) is 12.6. The maximum Gasteiger partial charge on any atom is 0.433 e. The van der Waals surface area contributed by atoms with Crippen LogP contribution in [0, 0.1) is 0 Å². The highest BCUT2D eigenvalue weighted by molar-refractivity contribution is 5.36. The topological polar surface area (TPSA) is 24.9 Å². The molecule has 0 saturated heterocycles. The molecule has 0 spiro atoms. The van der Waals surface area contributed by atoms with E-state index < -0.39 is 30.4 Å². The average molecular weight is 244 g/mol. The van der Waals surface area contributed by atoms with Crippen molar-refractivity contribution in [2.75, 3.05) is 11.9 Å². The Bertz CT molecular complexity index is 356. The summed E-state index contributed by atoms with van der Waals surface area (Å²) in [7, 11) is 0. The van der Waals surface area contributed by atoms with Crippen LogP contribution in [-0.4, -0.2) is 17.7 Å². The van der Waals surface area contributed by atoms with Crippen LogP contribution >= 0.6 is 0 Å². The first-order valence-electron chi connectivity index (χ1n) is 4.03. The van der Waals surface area contributed by atoms with Gasteiger partial charge in [-0.1, -0.05) is 6.07 Å². The second-order valence-corrected chi connectivity index (χ2v) is 2.87. The lowest BCUT2D eigenvalue weighted by Gasteiger charge is -2.10. The van der Waals surface area contributed by atoms with Gasteiger partial charge in [-0.15, -0.1) is 0 Å². The highest BCUT2D eigenvalue weighted by Crippen LogP contribution is 2.28. The molecular weight excluding hydrogens is 238 g/mol. The van der Waals surface area contributed by atoms with Crippen molar-refractivity contribution in [3.05, 3.63) is 23.9 Å². The largest absolute Gasteiger partial charge is 0.433 e. The monoisotopic (exact) mass is 244 g/mol. The van der Waals surface area contributed by atoms with Gasteiger partial charge in [-0.3, -0.25) is 0 Å². The van der Waals surface area contributed by atoms with E-state index in [0.717, 1.165) is 12.1 Å². The fourth-order valence-corrected chi connectivity index (χ4v) is 0.882. The van der Waals surface area contributed by atoms with Gasteiger partial charge in [-0.2, -0.15) is 26.3 Å². The van der Waals surface area contributed by atoms with E-state index in [-0.39, 0.29) is 0 Å². The number of rotatable bonds is 2. The molecule has 1 N–H and O–H groups in total. The highest BCUT2D eigenvalue weighted by atomic mass is 19.4. The van der Waals surface area contributed by atoms with Crippen LogP contribution in [0.1, 0.15) is 5.69 Å². The molecule has 8 heteroatoms. The molecule has 0 aliphatic rings. The molecule has 0 bridgehead atoms. The number of alkyl halides is 6. The summed E-state index contributed by atoms with van der Waals surface area (Å²) in [6.45, 7) is -1.43. The van der Waals surface area contributed by atoms with Crippen molar-refractivity contribution >= 4 is 5.82 Å². The van der Waals surface area contributed by atoms with Crippen LogP contribution in [0.2, 0.25) is 0 Å². The van der Waals surface area contributed by atoms with Gasteiger partial charge in [0.25, 0.3) is 0 Å². The van der Waals surface area contributed by atoms with Gasteiger partial charge in [0, 0.05) is 0 Å². The van der Waals surface area contributed by atoms with Crippen molar-refractivity contribution in [1.82, 2.24) is 4.98 Å². The summed E-state index contributed by atoms with van der Waals surface area (Å²) in [5.74, 6) is -0.466. The number of nitrogens with one attached hydrogen (secondary N) is 1. The highest BCUT2D eigenvalue weighted by Gasteiger charge is 2.33. The molecule has 1 aromatic rings. The van der Waals surface area contributed by atoms with Crippen molar-refractivity contribution < 1.29 is 26.3 Å². The third-order valence-electron chi connectivity index (χ3n) is 1.51. The van der Waals surface area contributed by atoms with E-state index in [1.165, 1.54) is 0 Å². The smallest absolute Gasteiger partial charge is 0.361 e. The summed E-state index contributed by atoms with van der Waals surface area (Å²) in [6, 6.07) is 2.69. The van der Waals surface area contributed by atoms with Crippen molar-refractivity contribution in [1.29, 1.82) is 0 Å². The zero-order valence-electron chi connectivity index (χ0n) is 7.65. The van der Waals surface area contributed by atoms with E-state index in [2.05, 4.69) is 4.98 Å². The third kappa shape index (κ3) is 3.95. The molecule has 1 heterocycles. The summed E-state index contributed by atoms with van der Waals surface area (Å²) in [5.41, 5.74) is -1.24. The number of halogens is 6. The Labute approximate surface area is 86.3 Å². The molecule has 0 aliphatic carbocycles. The van der Waals surface area contributed by atoms with E-state index in [1.54, 1.807) is 5.32 Å². The summed E-state index contributed by atoms with van der Waals surface area (Å²) in [5, 5.41) is 1.76. The van der Waals surface area contributed by atoms with Crippen LogP contribution < -0.4 is 5.32 Å². The van der Waals surface area contributed by atoms with Gasteiger partial charge in [-0.25, -0.2) is 4.98 Å². The molecule has 0 atom stereocenters. The Kier molecular flexibility index (Phi) is 3.30.